The van der Waals surface area contributed by atoms with Crippen LogP contribution in [0, 0.1) is 6.92 Å². The zero-order valence-corrected chi connectivity index (χ0v) is 13.3. The van der Waals surface area contributed by atoms with Crippen LogP contribution in [0.5, 0.6) is 0 Å². The van der Waals surface area contributed by atoms with Crippen molar-refractivity contribution in [3.8, 4) is 0 Å². The van der Waals surface area contributed by atoms with Gasteiger partial charge in [-0.15, -0.1) is 0 Å². The van der Waals surface area contributed by atoms with E-state index in [9.17, 15) is 4.79 Å². The molecule has 0 aliphatic rings. The van der Waals surface area contributed by atoms with Gasteiger partial charge in [0.15, 0.2) is 0 Å². The van der Waals surface area contributed by atoms with Gasteiger partial charge in [-0.3, -0.25) is 4.79 Å². The zero-order chi connectivity index (χ0) is 14.7. The Hall–Kier alpha value is -1.52. The Morgan fingerprint density at radius 2 is 2.05 bits per heavy atom. The van der Waals surface area contributed by atoms with Gasteiger partial charge in [0.1, 0.15) is 0 Å². The lowest BCUT2D eigenvalue weighted by molar-refractivity contribution is 0.100. The first-order chi connectivity index (χ1) is 9.47. The highest BCUT2D eigenvalue weighted by Crippen LogP contribution is 2.23. The second-order valence-corrected chi connectivity index (χ2v) is 5.81. The summed E-state index contributed by atoms with van der Waals surface area (Å²) in [7, 11) is 0. The molecule has 1 amide bonds. The summed E-state index contributed by atoms with van der Waals surface area (Å²) in [6.07, 6.45) is 0. The third-order valence-corrected chi connectivity index (χ3v) is 3.85. The number of rotatable bonds is 4. The van der Waals surface area contributed by atoms with Crippen molar-refractivity contribution in [3.63, 3.8) is 0 Å². The van der Waals surface area contributed by atoms with Crippen molar-refractivity contribution in [1.82, 2.24) is 0 Å². The van der Waals surface area contributed by atoms with E-state index in [0.717, 1.165) is 21.3 Å². The molecule has 0 atom stereocenters. The van der Waals surface area contributed by atoms with E-state index in [2.05, 4.69) is 21.2 Å². The van der Waals surface area contributed by atoms with Crippen LogP contribution >= 0.6 is 27.5 Å². The number of hydrogen-bond acceptors (Lipinski definition) is 2. The molecule has 0 saturated carbocycles. The number of anilines is 1. The number of nitrogens with two attached hydrogens (primary N) is 1. The van der Waals surface area contributed by atoms with Crippen LogP contribution in [0.3, 0.4) is 0 Å². The zero-order valence-electron chi connectivity index (χ0n) is 10.9. The van der Waals surface area contributed by atoms with Crippen molar-refractivity contribution in [2.45, 2.75) is 13.5 Å². The van der Waals surface area contributed by atoms with Gasteiger partial charge in [-0.1, -0.05) is 39.7 Å². The molecular formula is C15H14BrClN2O. The fourth-order valence-corrected chi connectivity index (χ4v) is 2.43. The molecule has 2 aromatic rings. The van der Waals surface area contributed by atoms with E-state index in [1.165, 1.54) is 0 Å². The maximum Gasteiger partial charge on any atom is 0.248 e. The molecule has 0 aromatic heterocycles. The molecule has 5 heteroatoms. The highest BCUT2D eigenvalue weighted by molar-refractivity contribution is 9.10. The summed E-state index contributed by atoms with van der Waals surface area (Å²) in [4.78, 5) is 11.1. The number of carbonyl (C=O) groups is 1. The van der Waals surface area contributed by atoms with Crippen LogP contribution in [0.15, 0.2) is 40.9 Å². The molecule has 2 aromatic carbocycles. The summed E-state index contributed by atoms with van der Waals surface area (Å²) in [5.41, 5.74) is 8.73. The van der Waals surface area contributed by atoms with Crippen LogP contribution in [0.2, 0.25) is 5.02 Å². The van der Waals surface area contributed by atoms with E-state index < -0.39 is 5.91 Å². The van der Waals surface area contributed by atoms with E-state index in [1.807, 2.05) is 31.2 Å². The van der Waals surface area contributed by atoms with E-state index in [1.54, 1.807) is 12.1 Å². The van der Waals surface area contributed by atoms with Crippen LogP contribution in [-0.4, -0.2) is 5.91 Å². The molecule has 20 heavy (non-hydrogen) atoms. The van der Waals surface area contributed by atoms with Crippen molar-refractivity contribution < 1.29 is 4.79 Å². The summed E-state index contributed by atoms with van der Waals surface area (Å²) in [5, 5.41) is 3.86. The van der Waals surface area contributed by atoms with Gasteiger partial charge < -0.3 is 11.1 Å². The van der Waals surface area contributed by atoms with Crippen molar-refractivity contribution in [2.75, 3.05) is 5.32 Å². The molecule has 2 rings (SSSR count). The first-order valence-electron chi connectivity index (χ1n) is 6.05. The standard InChI is InChI=1S/C15H14BrClN2O/c1-9-2-5-12(16)7-14(9)19-8-11-4-3-10(15(18)20)6-13(11)17/h2-7,19H,8H2,1H3,(H2,18,20). The Morgan fingerprint density at radius 3 is 2.70 bits per heavy atom. The molecule has 0 fully saturated rings. The smallest absolute Gasteiger partial charge is 0.248 e. The van der Waals surface area contributed by atoms with Gasteiger partial charge in [-0.2, -0.15) is 0 Å². The Kier molecular flexibility index (Phi) is 4.68. The molecule has 0 heterocycles. The van der Waals surface area contributed by atoms with Crippen LogP contribution in [-0.2, 0) is 6.54 Å². The first kappa shape index (κ1) is 14.9. The van der Waals surface area contributed by atoms with Crippen molar-refractivity contribution in [2.24, 2.45) is 5.73 Å². The Balaban J connectivity index is 2.15. The predicted molar refractivity (Wildman–Crippen MR) is 86.2 cm³/mol. The van der Waals surface area contributed by atoms with Gasteiger partial charge in [0, 0.05) is 27.3 Å². The first-order valence-corrected chi connectivity index (χ1v) is 7.22. The minimum absolute atomic E-state index is 0.414. The van der Waals surface area contributed by atoms with Crippen LogP contribution in [0.1, 0.15) is 21.5 Å². The lowest BCUT2D eigenvalue weighted by Gasteiger charge is -2.11. The minimum atomic E-state index is -0.478. The number of nitrogens with one attached hydrogen (secondary N) is 1. The quantitative estimate of drug-likeness (QED) is 0.868. The van der Waals surface area contributed by atoms with E-state index >= 15 is 0 Å². The van der Waals surface area contributed by atoms with Crippen molar-refractivity contribution in [3.05, 3.63) is 62.6 Å². The summed E-state index contributed by atoms with van der Waals surface area (Å²) in [6.45, 7) is 2.61. The Morgan fingerprint density at radius 1 is 1.30 bits per heavy atom. The summed E-state index contributed by atoms with van der Waals surface area (Å²) < 4.78 is 1.01. The number of halogens is 2. The molecule has 0 bridgehead atoms. The third kappa shape index (κ3) is 3.52. The molecule has 104 valence electrons. The number of primary amides is 1. The number of aryl methyl sites for hydroxylation is 1. The summed E-state index contributed by atoms with van der Waals surface area (Å²) in [5.74, 6) is -0.478. The largest absolute Gasteiger partial charge is 0.381 e. The number of hydrogen-bond donors (Lipinski definition) is 2. The Labute approximate surface area is 131 Å². The maximum absolute atomic E-state index is 11.1. The molecule has 0 saturated heterocycles. The number of amides is 1. The van der Waals surface area contributed by atoms with Gasteiger partial charge in [-0.05, 0) is 42.3 Å². The van der Waals surface area contributed by atoms with E-state index in [-0.39, 0.29) is 0 Å². The second kappa shape index (κ2) is 6.29. The number of benzene rings is 2. The molecule has 0 radical (unpaired) electrons. The average molecular weight is 354 g/mol. The van der Waals surface area contributed by atoms with Crippen LogP contribution < -0.4 is 11.1 Å². The molecule has 3 N–H and O–H groups in total. The van der Waals surface area contributed by atoms with Crippen molar-refractivity contribution in [1.29, 1.82) is 0 Å². The Bertz CT molecular complexity index is 658. The van der Waals surface area contributed by atoms with Gasteiger partial charge in [0.05, 0.1) is 0 Å². The molecule has 0 unspecified atom stereocenters. The second-order valence-electron chi connectivity index (χ2n) is 4.48. The van der Waals surface area contributed by atoms with Crippen LogP contribution in [0.25, 0.3) is 0 Å². The topological polar surface area (TPSA) is 55.1 Å². The SMILES string of the molecule is Cc1ccc(Br)cc1NCc1ccc(C(N)=O)cc1Cl. The highest BCUT2D eigenvalue weighted by Gasteiger charge is 2.06. The third-order valence-electron chi connectivity index (χ3n) is 3.01. The normalized spacial score (nSPS) is 10.3. The van der Waals surface area contributed by atoms with Crippen LogP contribution in [0.4, 0.5) is 5.69 Å². The molecule has 3 nitrogen and oxygen atoms in total. The van der Waals surface area contributed by atoms with Crippen molar-refractivity contribution >= 4 is 39.1 Å². The van der Waals surface area contributed by atoms with Gasteiger partial charge in [0.2, 0.25) is 5.91 Å². The molecule has 0 aliphatic heterocycles. The highest BCUT2D eigenvalue weighted by atomic mass is 79.9. The molecular weight excluding hydrogens is 340 g/mol. The minimum Gasteiger partial charge on any atom is -0.381 e. The van der Waals surface area contributed by atoms with E-state index in [0.29, 0.717) is 17.1 Å². The van der Waals surface area contributed by atoms with E-state index in [4.69, 9.17) is 17.3 Å². The average Bonchev–Trinajstić information content (AvgIpc) is 2.40. The summed E-state index contributed by atoms with van der Waals surface area (Å²) in [6, 6.07) is 11.1. The summed E-state index contributed by atoms with van der Waals surface area (Å²) >= 11 is 9.60. The van der Waals surface area contributed by atoms with Gasteiger partial charge in [-0.25, -0.2) is 0 Å². The fourth-order valence-electron chi connectivity index (χ4n) is 1.82. The number of carbonyl (C=O) groups excluding carboxylic acids is 1. The lowest BCUT2D eigenvalue weighted by Crippen LogP contribution is -2.11. The van der Waals surface area contributed by atoms with Gasteiger partial charge >= 0.3 is 0 Å². The maximum atomic E-state index is 11.1. The molecule has 0 spiro atoms. The fraction of sp³-hybridized carbons (Fsp3) is 0.133. The lowest BCUT2D eigenvalue weighted by atomic mass is 10.1. The van der Waals surface area contributed by atoms with Gasteiger partial charge in [0.25, 0.3) is 0 Å². The molecule has 0 aliphatic carbocycles. The predicted octanol–water partition coefficient (Wildman–Crippen LogP) is 4.12. The monoisotopic (exact) mass is 352 g/mol.